The molecule has 31 heavy (non-hydrogen) atoms. The summed E-state index contributed by atoms with van der Waals surface area (Å²) in [6, 6.07) is 3.81. The fraction of sp³-hybridized carbons (Fsp3) is 0.667. The lowest BCUT2D eigenvalue weighted by Crippen LogP contribution is -2.30. The number of carbonyl (C=O) groups is 2. The number of carbonyl (C=O) groups excluding carboxylic acids is 2. The van der Waals surface area contributed by atoms with Crippen molar-refractivity contribution >= 4 is 21.9 Å². The largest absolute Gasteiger partial charge is 0.354 e. The van der Waals surface area contributed by atoms with E-state index in [1.807, 2.05) is 33.8 Å². The summed E-state index contributed by atoms with van der Waals surface area (Å²) in [6.07, 6.45) is 3.25. The fourth-order valence-electron chi connectivity index (χ4n) is 2.86. The minimum Gasteiger partial charge on any atom is -0.354 e. The molecule has 0 aliphatic carbocycles. The predicted octanol–water partition coefficient (Wildman–Crippen LogP) is 2.00. The Bertz CT molecular complexity index is 825. The number of rotatable bonds is 14. The van der Waals surface area contributed by atoms with Gasteiger partial charge in [-0.05, 0) is 56.8 Å². The molecule has 0 aliphatic heterocycles. The third-order valence-electron chi connectivity index (χ3n) is 4.46. The smallest absolute Gasteiger partial charge is 0.269 e. The summed E-state index contributed by atoms with van der Waals surface area (Å²) < 4.78 is 30.4. The van der Waals surface area contributed by atoms with Crippen molar-refractivity contribution in [3.05, 3.63) is 29.1 Å². The molecule has 176 valence electrons. The first-order chi connectivity index (χ1) is 14.5. The van der Waals surface area contributed by atoms with Gasteiger partial charge >= 0.3 is 0 Å². The fourth-order valence-corrected chi connectivity index (χ4v) is 3.22. The van der Waals surface area contributed by atoms with Crippen molar-refractivity contribution in [2.75, 3.05) is 18.8 Å². The first-order valence-corrected chi connectivity index (χ1v) is 12.3. The Morgan fingerprint density at radius 2 is 1.77 bits per heavy atom. The Balaban J connectivity index is 2.50. The van der Waals surface area contributed by atoms with Gasteiger partial charge in [0.15, 0.2) is 0 Å². The van der Waals surface area contributed by atoms with E-state index in [1.54, 1.807) is 6.07 Å². The monoisotopic (exact) mass is 456 g/mol. The standard InChI is InChI=1S/C21H36N4O5S/c1-15(2)17-12-18(14-22-9-7-5-6-8-20(26)24-16(3)4)25-19(13-17)21(27)23-10-11-31(28,29)30/h12-13,15-16,22H,5-11,14H2,1-4H3,(H,23,27)(H,24,26)(H,28,29,30). The van der Waals surface area contributed by atoms with Crippen LogP contribution in [0.4, 0.5) is 0 Å². The van der Waals surface area contributed by atoms with Gasteiger partial charge in [-0.3, -0.25) is 14.1 Å². The molecule has 1 rings (SSSR count). The molecule has 4 N–H and O–H groups in total. The average Bonchev–Trinajstić information content (AvgIpc) is 2.65. The van der Waals surface area contributed by atoms with E-state index in [9.17, 15) is 18.0 Å². The van der Waals surface area contributed by atoms with E-state index in [0.717, 1.165) is 37.1 Å². The average molecular weight is 457 g/mol. The molecule has 0 bridgehead atoms. The van der Waals surface area contributed by atoms with Crippen LogP contribution in [-0.2, 0) is 21.5 Å². The third-order valence-corrected chi connectivity index (χ3v) is 5.18. The number of amides is 2. The van der Waals surface area contributed by atoms with Gasteiger partial charge in [0.1, 0.15) is 5.69 Å². The van der Waals surface area contributed by atoms with Crippen LogP contribution in [0.25, 0.3) is 0 Å². The highest BCUT2D eigenvalue weighted by Crippen LogP contribution is 2.16. The molecule has 1 heterocycles. The molecule has 0 saturated carbocycles. The van der Waals surface area contributed by atoms with Crippen LogP contribution in [0.15, 0.2) is 12.1 Å². The van der Waals surface area contributed by atoms with Gasteiger partial charge in [-0.15, -0.1) is 0 Å². The number of unbranched alkanes of at least 4 members (excludes halogenated alkanes) is 2. The Kier molecular flexibility index (Phi) is 11.7. The van der Waals surface area contributed by atoms with Crippen molar-refractivity contribution in [2.45, 2.75) is 71.9 Å². The van der Waals surface area contributed by atoms with E-state index >= 15 is 0 Å². The molecule has 0 aliphatic rings. The molecular formula is C21H36N4O5S. The van der Waals surface area contributed by atoms with Crippen LogP contribution in [-0.4, -0.2) is 54.7 Å². The lowest BCUT2D eigenvalue weighted by molar-refractivity contribution is -0.121. The lowest BCUT2D eigenvalue weighted by Gasteiger charge is -2.12. The topological polar surface area (TPSA) is 137 Å². The van der Waals surface area contributed by atoms with E-state index in [2.05, 4.69) is 20.9 Å². The van der Waals surface area contributed by atoms with Crippen molar-refractivity contribution in [1.82, 2.24) is 20.9 Å². The summed E-state index contributed by atoms with van der Waals surface area (Å²) in [5, 5.41) is 8.65. The zero-order valence-corrected chi connectivity index (χ0v) is 19.7. The van der Waals surface area contributed by atoms with E-state index in [1.165, 1.54) is 0 Å². The van der Waals surface area contributed by atoms with Crippen LogP contribution in [0.3, 0.4) is 0 Å². The quantitative estimate of drug-likeness (QED) is 0.248. The molecule has 1 aromatic rings. The van der Waals surface area contributed by atoms with Crippen molar-refractivity contribution < 1.29 is 22.6 Å². The Hall–Kier alpha value is -2.04. The predicted molar refractivity (Wildman–Crippen MR) is 121 cm³/mol. The minimum absolute atomic E-state index is 0.0834. The second-order valence-electron chi connectivity index (χ2n) is 8.18. The summed E-state index contributed by atoms with van der Waals surface area (Å²) in [5.74, 6) is -0.744. The maximum atomic E-state index is 12.3. The zero-order chi connectivity index (χ0) is 23.4. The maximum Gasteiger partial charge on any atom is 0.269 e. The zero-order valence-electron chi connectivity index (χ0n) is 18.9. The van der Waals surface area contributed by atoms with Crippen LogP contribution in [0.2, 0.25) is 0 Å². The first-order valence-electron chi connectivity index (χ1n) is 10.7. The highest BCUT2D eigenvalue weighted by Gasteiger charge is 2.13. The molecule has 0 atom stereocenters. The van der Waals surface area contributed by atoms with Gasteiger partial charge in [0.25, 0.3) is 16.0 Å². The summed E-state index contributed by atoms with van der Waals surface area (Å²) >= 11 is 0. The Labute approximate surface area is 185 Å². The van der Waals surface area contributed by atoms with Gasteiger partial charge in [-0.2, -0.15) is 8.42 Å². The minimum atomic E-state index is -4.13. The number of nitrogens with zero attached hydrogens (tertiary/aromatic N) is 1. The summed E-state index contributed by atoms with van der Waals surface area (Å²) in [6.45, 7) is 9.00. The van der Waals surface area contributed by atoms with Gasteiger partial charge in [0.05, 0.1) is 11.4 Å². The molecular weight excluding hydrogens is 420 g/mol. The number of nitrogens with one attached hydrogen (secondary N) is 3. The van der Waals surface area contributed by atoms with Crippen LogP contribution in [0.1, 0.15) is 81.0 Å². The van der Waals surface area contributed by atoms with Crippen molar-refractivity contribution in [2.24, 2.45) is 0 Å². The molecule has 1 aromatic heterocycles. The molecule has 0 unspecified atom stereocenters. The van der Waals surface area contributed by atoms with Gasteiger partial charge in [-0.25, -0.2) is 4.98 Å². The molecule has 2 amide bonds. The molecule has 0 fully saturated rings. The third kappa shape index (κ3) is 12.4. The molecule has 9 nitrogen and oxygen atoms in total. The first kappa shape index (κ1) is 27.0. The molecule has 0 saturated heterocycles. The van der Waals surface area contributed by atoms with Crippen molar-refractivity contribution in [3.63, 3.8) is 0 Å². The van der Waals surface area contributed by atoms with Crippen LogP contribution in [0.5, 0.6) is 0 Å². The van der Waals surface area contributed by atoms with Gasteiger partial charge < -0.3 is 16.0 Å². The highest BCUT2D eigenvalue weighted by molar-refractivity contribution is 7.85. The normalized spacial score (nSPS) is 11.7. The second-order valence-corrected chi connectivity index (χ2v) is 9.76. The van der Waals surface area contributed by atoms with E-state index in [-0.39, 0.29) is 30.1 Å². The van der Waals surface area contributed by atoms with Gasteiger partial charge in [0.2, 0.25) is 5.91 Å². The number of hydrogen-bond acceptors (Lipinski definition) is 6. The lowest BCUT2D eigenvalue weighted by atomic mass is 10.0. The molecule has 0 spiro atoms. The summed E-state index contributed by atoms with van der Waals surface area (Å²) in [5.41, 5.74) is 1.90. The summed E-state index contributed by atoms with van der Waals surface area (Å²) in [4.78, 5) is 28.3. The van der Waals surface area contributed by atoms with Crippen LogP contribution in [0, 0.1) is 0 Å². The number of hydrogen-bond donors (Lipinski definition) is 4. The highest BCUT2D eigenvalue weighted by atomic mass is 32.2. The Morgan fingerprint density at radius 1 is 1.06 bits per heavy atom. The molecule has 10 heteroatoms. The number of pyridine rings is 1. The van der Waals surface area contributed by atoms with Crippen molar-refractivity contribution in [3.8, 4) is 0 Å². The van der Waals surface area contributed by atoms with Gasteiger partial charge in [0, 0.05) is 25.6 Å². The number of aromatic nitrogens is 1. The molecule has 0 aromatic carbocycles. The van der Waals surface area contributed by atoms with Gasteiger partial charge in [-0.1, -0.05) is 20.3 Å². The van der Waals surface area contributed by atoms with E-state index in [0.29, 0.717) is 13.0 Å². The van der Waals surface area contributed by atoms with E-state index in [4.69, 9.17) is 4.55 Å². The molecule has 0 radical (unpaired) electrons. The van der Waals surface area contributed by atoms with Crippen LogP contribution >= 0.6 is 0 Å². The SMILES string of the molecule is CC(C)NC(=O)CCCCCNCc1cc(C(C)C)cc(C(=O)NCCS(=O)(=O)O)n1. The second kappa shape index (κ2) is 13.4. The van der Waals surface area contributed by atoms with E-state index < -0.39 is 21.8 Å². The van der Waals surface area contributed by atoms with Crippen LogP contribution < -0.4 is 16.0 Å². The maximum absolute atomic E-state index is 12.3. The summed E-state index contributed by atoms with van der Waals surface area (Å²) in [7, 11) is -4.13. The van der Waals surface area contributed by atoms with Crippen molar-refractivity contribution in [1.29, 1.82) is 0 Å². The Morgan fingerprint density at radius 3 is 2.39 bits per heavy atom.